The molecule has 2 amide bonds. The predicted octanol–water partition coefficient (Wildman–Crippen LogP) is 3.88. The van der Waals surface area contributed by atoms with Crippen molar-refractivity contribution in [3.05, 3.63) is 59.7 Å². The SMILES string of the molecule is CCN[C@H](C)CNC(=O)c1ccccc1SCC(=O)Nc1ccc(C)cc1.Cl. The van der Waals surface area contributed by atoms with Gasteiger partial charge >= 0.3 is 0 Å². The smallest absolute Gasteiger partial charge is 0.252 e. The van der Waals surface area contributed by atoms with E-state index < -0.39 is 0 Å². The first-order chi connectivity index (χ1) is 13.0. The van der Waals surface area contributed by atoms with Gasteiger partial charge in [-0.2, -0.15) is 0 Å². The van der Waals surface area contributed by atoms with Crippen LogP contribution in [0.1, 0.15) is 29.8 Å². The molecular formula is C21H28ClN3O2S. The normalized spacial score (nSPS) is 11.2. The van der Waals surface area contributed by atoms with Crippen LogP contribution >= 0.6 is 24.2 Å². The minimum atomic E-state index is -0.123. The van der Waals surface area contributed by atoms with Gasteiger partial charge in [0.25, 0.3) is 5.91 Å². The highest BCUT2D eigenvalue weighted by molar-refractivity contribution is 8.00. The van der Waals surface area contributed by atoms with Crippen molar-refractivity contribution in [2.24, 2.45) is 0 Å². The van der Waals surface area contributed by atoms with E-state index in [4.69, 9.17) is 0 Å². The molecule has 7 heteroatoms. The first-order valence-electron chi connectivity index (χ1n) is 9.09. The van der Waals surface area contributed by atoms with E-state index in [0.717, 1.165) is 22.7 Å². The van der Waals surface area contributed by atoms with Gasteiger partial charge in [0.15, 0.2) is 0 Å². The van der Waals surface area contributed by atoms with E-state index in [2.05, 4.69) is 16.0 Å². The zero-order chi connectivity index (χ0) is 19.6. The number of carbonyl (C=O) groups excluding carboxylic acids is 2. The minimum absolute atomic E-state index is 0. The van der Waals surface area contributed by atoms with Gasteiger partial charge in [-0.3, -0.25) is 9.59 Å². The van der Waals surface area contributed by atoms with Gasteiger partial charge in [-0.05, 0) is 44.7 Å². The van der Waals surface area contributed by atoms with Gasteiger partial charge in [0, 0.05) is 23.2 Å². The van der Waals surface area contributed by atoms with E-state index in [-0.39, 0.29) is 36.0 Å². The summed E-state index contributed by atoms with van der Waals surface area (Å²) in [4.78, 5) is 25.5. The number of nitrogens with one attached hydrogen (secondary N) is 3. The van der Waals surface area contributed by atoms with Crippen LogP contribution in [0.2, 0.25) is 0 Å². The first kappa shape index (κ1) is 24.0. The molecule has 0 fully saturated rings. The summed E-state index contributed by atoms with van der Waals surface area (Å²) >= 11 is 1.36. The number of hydrogen-bond acceptors (Lipinski definition) is 4. The Balaban J connectivity index is 0.00000392. The lowest BCUT2D eigenvalue weighted by molar-refractivity contribution is -0.113. The summed E-state index contributed by atoms with van der Waals surface area (Å²) in [5, 5.41) is 9.08. The van der Waals surface area contributed by atoms with Gasteiger partial charge < -0.3 is 16.0 Å². The molecule has 2 aromatic carbocycles. The molecule has 0 heterocycles. The minimum Gasteiger partial charge on any atom is -0.350 e. The number of rotatable bonds is 9. The largest absolute Gasteiger partial charge is 0.350 e. The van der Waals surface area contributed by atoms with E-state index in [9.17, 15) is 9.59 Å². The monoisotopic (exact) mass is 421 g/mol. The molecule has 0 radical (unpaired) electrons. The van der Waals surface area contributed by atoms with Crippen LogP contribution in [0.3, 0.4) is 0 Å². The summed E-state index contributed by atoms with van der Waals surface area (Å²) in [5.41, 5.74) is 2.51. The fourth-order valence-corrected chi connectivity index (χ4v) is 3.37. The van der Waals surface area contributed by atoms with Crippen LogP contribution in [0.25, 0.3) is 0 Å². The van der Waals surface area contributed by atoms with Crippen molar-refractivity contribution in [2.45, 2.75) is 31.7 Å². The van der Waals surface area contributed by atoms with Crippen LogP contribution < -0.4 is 16.0 Å². The van der Waals surface area contributed by atoms with Gasteiger partial charge in [-0.25, -0.2) is 0 Å². The Morgan fingerprint density at radius 2 is 1.75 bits per heavy atom. The highest BCUT2D eigenvalue weighted by Gasteiger charge is 2.13. The maximum Gasteiger partial charge on any atom is 0.252 e. The lowest BCUT2D eigenvalue weighted by atomic mass is 10.2. The van der Waals surface area contributed by atoms with Crippen LogP contribution in [0.5, 0.6) is 0 Å². The maximum atomic E-state index is 12.5. The highest BCUT2D eigenvalue weighted by atomic mass is 35.5. The number of thioether (sulfide) groups is 1. The number of aryl methyl sites for hydroxylation is 1. The molecule has 0 aliphatic carbocycles. The van der Waals surface area contributed by atoms with Crippen molar-refractivity contribution in [2.75, 3.05) is 24.2 Å². The van der Waals surface area contributed by atoms with Crippen LogP contribution in [0.15, 0.2) is 53.4 Å². The fraction of sp³-hybridized carbons (Fsp3) is 0.333. The molecule has 3 N–H and O–H groups in total. The number of carbonyl (C=O) groups is 2. The van der Waals surface area contributed by atoms with E-state index in [1.165, 1.54) is 11.8 Å². The Morgan fingerprint density at radius 1 is 1.07 bits per heavy atom. The van der Waals surface area contributed by atoms with E-state index in [1.54, 1.807) is 6.07 Å². The molecule has 0 aliphatic heterocycles. The van der Waals surface area contributed by atoms with Crippen molar-refractivity contribution < 1.29 is 9.59 Å². The lowest BCUT2D eigenvalue weighted by Crippen LogP contribution is -2.38. The summed E-state index contributed by atoms with van der Waals surface area (Å²) in [5.74, 6) is 0.0213. The topological polar surface area (TPSA) is 70.2 Å². The van der Waals surface area contributed by atoms with Gasteiger partial charge in [-0.1, -0.05) is 36.8 Å². The second-order valence-corrected chi connectivity index (χ2v) is 7.38. The molecule has 0 saturated carbocycles. The van der Waals surface area contributed by atoms with Crippen molar-refractivity contribution in [1.82, 2.24) is 10.6 Å². The molecule has 152 valence electrons. The third-order valence-electron chi connectivity index (χ3n) is 3.95. The highest BCUT2D eigenvalue weighted by Crippen LogP contribution is 2.23. The number of likely N-dealkylation sites (N-methyl/N-ethyl adjacent to an activating group) is 1. The molecule has 0 spiro atoms. The molecule has 2 aromatic rings. The van der Waals surface area contributed by atoms with E-state index >= 15 is 0 Å². The van der Waals surface area contributed by atoms with Gasteiger partial charge in [-0.15, -0.1) is 24.2 Å². The van der Waals surface area contributed by atoms with E-state index in [1.807, 2.05) is 63.2 Å². The third-order valence-corrected chi connectivity index (χ3v) is 5.02. The van der Waals surface area contributed by atoms with Crippen molar-refractivity contribution in [1.29, 1.82) is 0 Å². The molecule has 0 saturated heterocycles. The molecule has 0 unspecified atom stereocenters. The molecule has 0 aromatic heterocycles. The standard InChI is InChI=1S/C21H27N3O2S.ClH/c1-4-22-16(3)13-23-21(26)18-7-5-6-8-19(18)27-14-20(25)24-17-11-9-15(2)10-12-17;/h5-12,16,22H,4,13-14H2,1-3H3,(H,23,26)(H,24,25);1H/t16-;/m1./s1. The molecule has 0 aliphatic rings. The Labute approximate surface area is 177 Å². The zero-order valence-corrected chi connectivity index (χ0v) is 18.1. The number of amides is 2. The number of hydrogen-bond donors (Lipinski definition) is 3. The summed E-state index contributed by atoms with van der Waals surface area (Å²) < 4.78 is 0. The van der Waals surface area contributed by atoms with Crippen molar-refractivity contribution >= 4 is 41.7 Å². The molecule has 1 atom stereocenters. The number of halogens is 1. The molecule has 2 rings (SSSR count). The second-order valence-electron chi connectivity index (χ2n) is 6.37. The van der Waals surface area contributed by atoms with Gasteiger partial charge in [0.05, 0.1) is 11.3 Å². The quantitative estimate of drug-likeness (QED) is 0.537. The Bertz CT molecular complexity index is 769. The average molecular weight is 422 g/mol. The van der Waals surface area contributed by atoms with Crippen LogP contribution in [-0.2, 0) is 4.79 Å². The second kappa shape index (κ2) is 12.4. The van der Waals surface area contributed by atoms with Crippen molar-refractivity contribution in [3.63, 3.8) is 0 Å². The first-order valence-corrected chi connectivity index (χ1v) is 10.1. The van der Waals surface area contributed by atoms with Crippen molar-refractivity contribution in [3.8, 4) is 0 Å². The zero-order valence-electron chi connectivity index (χ0n) is 16.5. The molecule has 5 nitrogen and oxygen atoms in total. The Morgan fingerprint density at radius 3 is 2.43 bits per heavy atom. The van der Waals surface area contributed by atoms with Crippen LogP contribution in [0.4, 0.5) is 5.69 Å². The Hall–Kier alpha value is -2.02. The van der Waals surface area contributed by atoms with Crippen LogP contribution in [0, 0.1) is 6.92 Å². The number of benzene rings is 2. The van der Waals surface area contributed by atoms with E-state index in [0.29, 0.717) is 12.1 Å². The molecule has 28 heavy (non-hydrogen) atoms. The summed E-state index contributed by atoms with van der Waals surface area (Å²) in [6.45, 7) is 7.48. The average Bonchev–Trinajstić information content (AvgIpc) is 2.67. The summed E-state index contributed by atoms with van der Waals surface area (Å²) in [6, 6.07) is 15.2. The molecular weight excluding hydrogens is 394 g/mol. The van der Waals surface area contributed by atoms with Crippen LogP contribution in [-0.4, -0.2) is 36.7 Å². The fourth-order valence-electron chi connectivity index (χ4n) is 2.52. The lowest BCUT2D eigenvalue weighted by Gasteiger charge is -2.14. The maximum absolute atomic E-state index is 12.5. The summed E-state index contributed by atoms with van der Waals surface area (Å²) in [7, 11) is 0. The van der Waals surface area contributed by atoms with Gasteiger partial charge in [0.2, 0.25) is 5.91 Å². The third kappa shape index (κ3) is 7.92. The molecule has 0 bridgehead atoms. The predicted molar refractivity (Wildman–Crippen MR) is 120 cm³/mol. The summed E-state index contributed by atoms with van der Waals surface area (Å²) in [6.07, 6.45) is 0. The number of anilines is 1. The van der Waals surface area contributed by atoms with Gasteiger partial charge in [0.1, 0.15) is 0 Å². The Kier molecular flexibility index (Phi) is 10.7.